The van der Waals surface area contributed by atoms with Crippen LogP contribution in [0.3, 0.4) is 0 Å². The number of hydrogen-bond acceptors (Lipinski definition) is 3. The predicted octanol–water partition coefficient (Wildman–Crippen LogP) is 4.81. The van der Waals surface area contributed by atoms with E-state index in [4.69, 9.17) is 0 Å². The number of nitrogens with one attached hydrogen (secondary N) is 1. The van der Waals surface area contributed by atoms with E-state index >= 15 is 0 Å². The molecular formula is C27H31N3O2. The molecule has 0 unspecified atom stereocenters. The minimum absolute atomic E-state index is 0.00442. The Morgan fingerprint density at radius 3 is 1.69 bits per heavy atom. The molecule has 5 nitrogen and oxygen atoms in total. The highest BCUT2D eigenvalue weighted by atomic mass is 16.2. The highest BCUT2D eigenvalue weighted by molar-refractivity contribution is 5.96. The summed E-state index contributed by atoms with van der Waals surface area (Å²) in [6.07, 6.45) is 0. The van der Waals surface area contributed by atoms with Gasteiger partial charge in [-0.25, -0.2) is 0 Å². The summed E-state index contributed by atoms with van der Waals surface area (Å²) in [6, 6.07) is 27.4. The van der Waals surface area contributed by atoms with E-state index in [2.05, 4.69) is 34.5 Å². The number of nitrogens with zero attached hydrogens (tertiary/aromatic N) is 2. The summed E-state index contributed by atoms with van der Waals surface area (Å²) in [5.41, 5.74) is 3.64. The van der Waals surface area contributed by atoms with Gasteiger partial charge >= 0.3 is 0 Å². The molecular weight excluding hydrogens is 398 g/mol. The van der Waals surface area contributed by atoms with Gasteiger partial charge in [-0.2, -0.15) is 0 Å². The maximum Gasteiger partial charge on any atom is 0.253 e. The highest BCUT2D eigenvalue weighted by Gasteiger charge is 2.14. The molecule has 0 aromatic heterocycles. The fourth-order valence-corrected chi connectivity index (χ4v) is 3.64. The average Bonchev–Trinajstić information content (AvgIpc) is 2.81. The summed E-state index contributed by atoms with van der Waals surface area (Å²) >= 11 is 0. The number of anilines is 1. The molecule has 5 heteroatoms. The molecule has 0 aliphatic heterocycles. The molecule has 0 heterocycles. The molecule has 3 aromatic carbocycles. The van der Waals surface area contributed by atoms with Crippen LogP contribution >= 0.6 is 0 Å². The van der Waals surface area contributed by atoms with Crippen LogP contribution in [-0.2, 0) is 17.9 Å². The zero-order valence-electron chi connectivity index (χ0n) is 18.8. The van der Waals surface area contributed by atoms with Crippen molar-refractivity contribution in [1.82, 2.24) is 9.80 Å². The van der Waals surface area contributed by atoms with E-state index in [0.29, 0.717) is 37.4 Å². The van der Waals surface area contributed by atoms with Gasteiger partial charge in [-0.3, -0.25) is 14.5 Å². The van der Waals surface area contributed by atoms with Crippen molar-refractivity contribution in [3.63, 3.8) is 0 Å². The summed E-state index contributed by atoms with van der Waals surface area (Å²) in [4.78, 5) is 29.2. The molecule has 0 atom stereocenters. The van der Waals surface area contributed by atoms with Gasteiger partial charge in [0.1, 0.15) is 0 Å². The van der Waals surface area contributed by atoms with Crippen molar-refractivity contribution in [3.8, 4) is 0 Å². The van der Waals surface area contributed by atoms with Crippen LogP contribution in [-0.4, -0.2) is 41.2 Å². The van der Waals surface area contributed by atoms with Crippen LogP contribution in [0, 0.1) is 0 Å². The molecule has 2 amide bonds. The van der Waals surface area contributed by atoms with Crippen molar-refractivity contribution in [2.24, 2.45) is 0 Å². The van der Waals surface area contributed by atoms with E-state index in [0.717, 1.165) is 11.1 Å². The van der Waals surface area contributed by atoms with Crippen molar-refractivity contribution in [1.29, 1.82) is 0 Å². The van der Waals surface area contributed by atoms with Crippen LogP contribution < -0.4 is 5.32 Å². The third kappa shape index (κ3) is 6.79. The van der Waals surface area contributed by atoms with Gasteiger partial charge in [0.15, 0.2) is 0 Å². The molecule has 0 aliphatic carbocycles. The van der Waals surface area contributed by atoms with Gasteiger partial charge in [0.05, 0.1) is 6.54 Å². The van der Waals surface area contributed by atoms with Gasteiger partial charge in [-0.1, -0.05) is 60.7 Å². The van der Waals surface area contributed by atoms with E-state index < -0.39 is 0 Å². The predicted molar refractivity (Wildman–Crippen MR) is 129 cm³/mol. The lowest BCUT2D eigenvalue weighted by atomic mass is 10.1. The molecule has 3 rings (SSSR count). The van der Waals surface area contributed by atoms with Crippen LogP contribution in [0.4, 0.5) is 5.69 Å². The lowest BCUT2D eigenvalue weighted by Gasteiger charge is -2.22. The zero-order valence-corrected chi connectivity index (χ0v) is 18.8. The first-order valence-corrected chi connectivity index (χ1v) is 11.1. The van der Waals surface area contributed by atoms with Crippen molar-refractivity contribution in [2.75, 3.05) is 25.0 Å². The number of carbonyl (C=O) groups is 2. The third-order valence-corrected chi connectivity index (χ3v) is 5.33. The van der Waals surface area contributed by atoms with Crippen molar-refractivity contribution >= 4 is 17.5 Å². The molecule has 0 saturated heterocycles. The maximum atomic E-state index is 12.8. The van der Waals surface area contributed by atoms with Crippen LogP contribution in [0.25, 0.3) is 0 Å². The Balaban J connectivity index is 1.64. The van der Waals surface area contributed by atoms with E-state index in [1.165, 1.54) is 0 Å². The van der Waals surface area contributed by atoms with Gasteiger partial charge in [-0.15, -0.1) is 0 Å². The normalized spacial score (nSPS) is 10.7. The van der Waals surface area contributed by atoms with Gasteiger partial charge < -0.3 is 10.2 Å². The summed E-state index contributed by atoms with van der Waals surface area (Å²) < 4.78 is 0. The number of hydrogen-bond donors (Lipinski definition) is 1. The first-order chi connectivity index (χ1) is 15.6. The summed E-state index contributed by atoms with van der Waals surface area (Å²) in [6.45, 7) is 6.91. The van der Waals surface area contributed by atoms with Gasteiger partial charge in [0.2, 0.25) is 5.91 Å². The zero-order chi connectivity index (χ0) is 22.8. The van der Waals surface area contributed by atoms with Gasteiger partial charge in [0, 0.05) is 37.4 Å². The standard InChI is InChI=1S/C27H31N3O2/c1-3-30(4-2)27(32)24-15-17-25(18-16-24)28-26(31)21-29(19-22-11-7-5-8-12-22)20-23-13-9-6-10-14-23/h5-18H,3-4,19-21H2,1-2H3,(H,28,31). The molecule has 3 aromatic rings. The second kappa shape index (κ2) is 11.8. The number of amides is 2. The van der Waals surface area contributed by atoms with Crippen LogP contribution in [0.1, 0.15) is 35.3 Å². The molecule has 166 valence electrons. The molecule has 0 fully saturated rings. The van der Waals surface area contributed by atoms with Gasteiger partial charge in [0.25, 0.3) is 5.91 Å². The average molecular weight is 430 g/mol. The maximum absolute atomic E-state index is 12.8. The van der Waals surface area contributed by atoms with Crippen LogP contribution in [0.2, 0.25) is 0 Å². The Kier molecular flexibility index (Phi) is 8.58. The number of carbonyl (C=O) groups excluding carboxylic acids is 2. The van der Waals surface area contributed by atoms with Crippen molar-refractivity contribution < 1.29 is 9.59 Å². The smallest absolute Gasteiger partial charge is 0.253 e. The lowest BCUT2D eigenvalue weighted by molar-refractivity contribution is -0.117. The molecule has 1 N–H and O–H groups in total. The van der Waals surface area contributed by atoms with E-state index in [-0.39, 0.29) is 18.4 Å². The van der Waals surface area contributed by atoms with Crippen molar-refractivity contribution in [2.45, 2.75) is 26.9 Å². The molecule has 0 saturated carbocycles. The minimum Gasteiger partial charge on any atom is -0.339 e. The minimum atomic E-state index is -0.0836. The van der Waals surface area contributed by atoms with Crippen LogP contribution in [0.5, 0.6) is 0 Å². The monoisotopic (exact) mass is 429 g/mol. The molecule has 32 heavy (non-hydrogen) atoms. The lowest BCUT2D eigenvalue weighted by Crippen LogP contribution is -2.32. The Hall–Kier alpha value is -3.44. The Bertz CT molecular complexity index is 943. The largest absolute Gasteiger partial charge is 0.339 e. The molecule has 0 bridgehead atoms. The topological polar surface area (TPSA) is 52.7 Å². The van der Waals surface area contributed by atoms with E-state index in [9.17, 15) is 9.59 Å². The van der Waals surface area contributed by atoms with E-state index in [1.807, 2.05) is 50.2 Å². The van der Waals surface area contributed by atoms with Gasteiger partial charge in [-0.05, 0) is 49.2 Å². The third-order valence-electron chi connectivity index (χ3n) is 5.33. The number of rotatable bonds is 10. The van der Waals surface area contributed by atoms with E-state index in [1.54, 1.807) is 29.2 Å². The fourth-order valence-electron chi connectivity index (χ4n) is 3.64. The summed E-state index contributed by atoms with van der Waals surface area (Å²) in [7, 11) is 0. The second-order valence-electron chi connectivity index (χ2n) is 7.72. The highest BCUT2D eigenvalue weighted by Crippen LogP contribution is 2.14. The molecule has 0 aliphatic rings. The first-order valence-electron chi connectivity index (χ1n) is 11.1. The first kappa shape index (κ1) is 23.2. The van der Waals surface area contributed by atoms with Crippen LogP contribution in [0.15, 0.2) is 84.9 Å². The fraction of sp³-hybridized carbons (Fsp3) is 0.259. The Morgan fingerprint density at radius 1 is 0.719 bits per heavy atom. The Morgan fingerprint density at radius 2 is 1.22 bits per heavy atom. The van der Waals surface area contributed by atoms with Crippen molar-refractivity contribution in [3.05, 3.63) is 102 Å². The SMILES string of the molecule is CCN(CC)C(=O)c1ccc(NC(=O)CN(Cc2ccccc2)Cc2ccccc2)cc1. The second-order valence-corrected chi connectivity index (χ2v) is 7.72. The quantitative estimate of drug-likeness (QED) is 0.503. The molecule has 0 spiro atoms. The summed E-state index contributed by atoms with van der Waals surface area (Å²) in [5.74, 6) is -0.0792. The Labute approximate surface area is 190 Å². The molecule has 0 radical (unpaired) electrons. The summed E-state index contributed by atoms with van der Waals surface area (Å²) in [5, 5.41) is 2.96. The number of benzene rings is 3.